The fraction of sp³-hybridized carbons (Fsp3) is 0.231. The van der Waals surface area contributed by atoms with Gasteiger partial charge in [0.05, 0.1) is 5.69 Å². The molecular weight excluding hydrogens is 377 g/mol. The molecule has 2 aliphatic heterocycles. The minimum Gasteiger partial charge on any atom is -0.406 e. The zero-order valence-electron chi connectivity index (χ0n) is 12.5. The summed E-state index contributed by atoms with van der Waals surface area (Å²) in [5.74, 6) is 0.299. The topological polar surface area (TPSA) is 75.0 Å². The molecule has 0 saturated heterocycles. The van der Waals surface area contributed by atoms with Gasteiger partial charge in [-0.25, -0.2) is 5.01 Å². The highest BCUT2D eigenvalue weighted by Gasteiger charge is 2.38. The molecule has 25 heavy (non-hydrogen) atoms. The van der Waals surface area contributed by atoms with E-state index >= 15 is 0 Å². The molecule has 0 aliphatic carbocycles. The van der Waals surface area contributed by atoms with E-state index in [9.17, 15) is 13.2 Å². The lowest BCUT2D eigenvalue weighted by Crippen LogP contribution is -2.30. The van der Waals surface area contributed by atoms with Crippen LogP contribution in [0.1, 0.15) is 16.1 Å². The van der Waals surface area contributed by atoms with Gasteiger partial charge in [-0.15, -0.1) is 18.3 Å². The summed E-state index contributed by atoms with van der Waals surface area (Å²) in [5, 5.41) is 14.9. The van der Waals surface area contributed by atoms with Crippen LogP contribution in [0.15, 0.2) is 34.5 Å². The molecule has 7 nitrogen and oxygen atoms in total. The van der Waals surface area contributed by atoms with E-state index in [1.54, 1.807) is 11.1 Å². The van der Waals surface area contributed by atoms with Crippen molar-refractivity contribution in [2.75, 3.05) is 0 Å². The number of thioether (sulfide) groups is 1. The van der Waals surface area contributed by atoms with Crippen molar-refractivity contribution in [3.05, 3.63) is 40.4 Å². The van der Waals surface area contributed by atoms with Crippen molar-refractivity contribution in [2.45, 2.75) is 18.8 Å². The molecule has 0 amide bonds. The first-order valence-electron chi connectivity index (χ1n) is 6.94. The fourth-order valence-electron chi connectivity index (χ4n) is 2.28. The summed E-state index contributed by atoms with van der Waals surface area (Å²) in [6, 6.07) is 5.71. The quantitative estimate of drug-likeness (QED) is 0.874. The predicted octanol–water partition coefficient (Wildman–Crippen LogP) is 2.70. The number of aromatic nitrogens is 2. The van der Waals surface area contributed by atoms with Crippen LogP contribution in [0.2, 0.25) is 0 Å². The molecule has 2 aromatic rings. The number of rotatable bonds is 3. The maximum Gasteiger partial charge on any atom is 0.573 e. The van der Waals surface area contributed by atoms with Crippen LogP contribution in [0.3, 0.4) is 0 Å². The molecule has 0 saturated carbocycles. The van der Waals surface area contributed by atoms with Crippen LogP contribution in [-0.2, 0) is 0 Å². The van der Waals surface area contributed by atoms with Gasteiger partial charge in [-0.3, -0.25) is 5.43 Å². The van der Waals surface area contributed by atoms with Crippen LogP contribution in [0.5, 0.6) is 5.75 Å². The number of fused-ring (bicyclic) bond motifs is 1. The van der Waals surface area contributed by atoms with Crippen molar-refractivity contribution in [1.29, 1.82) is 0 Å². The first-order valence-corrected chi connectivity index (χ1v) is 8.59. The van der Waals surface area contributed by atoms with E-state index in [1.807, 2.05) is 6.92 Å². The Morgan fingerprint density at radius 1 is 1.32 bits per heavy atom. The standard InChI is InChI=1S/C13H9F3N6OS2/c1-6-9(25-21-17-6)10-18-19-12-22(10)20-11(24-12)7-3-2-4-8(5-7)23-13(14,15)16/h2-5,12,19H,1H3. The smallest absolute Gasteiger partial charge is 0.406 e. The van der Waals surface area contributed by atoms with Crippen LogP contribution in [0, 0.1) is 6.92 Å². The van der Waals surface area contributed by atoms with E-state index in [2.05, 4.69) is 30.0 Å². The number of hydrogen-bond donors (Lipinski definition) is 1. The molecule has 4 rings (SSSR count). The van der Waals surface area contributed by atoms with E-state index in [-0.39, 0.29) is 11.2 Å². The number of amidine groups is 1. The Balaban J connectivity index is 1.60. The molecule has 0 spiro atoms. The van der Waals surface area contributed by atoms with Crippen LogP contribution in [0.4, 0.5) is 13.2 Å². The van der Waals surface area contributed by atoms with E-state index < -0.39 is 6.36 Å². The molecule has 1 aromatic carbocycles. The minimum absolute atomic E-state index is 0.265. The van der Waals surface area contributed by atoms with Gasteiger partial charge in [0.2, 0.25) is 0 Å². The largest absolute Gasteiger partial charge is 0.573 e. The van der Waals surface area contributed by atoms with Crippen LogP contribution in [0.25, 0.3) is 0 Å². The average Bonchev–Trinajstić information content (AvgIpc) is 3.21. The van der Waals surface area contributed by atoms with Gasteiger partial charge in [-0.05, 0) is 30.6 Å². The third-order valence-corrected chi connectivity index (χ3v) is 5.20. The lowest BCUT2D eigenvalue weighted by molar-refractivity contribution is -0.274. The van der Waals surface area contributed by atoms with Crippen molar-refractivity contribution in [1.82, 2.24) is 20.0 Å². The third-order valence-electron chi connectivity index (χ3n) is 3.31. The first-order chi connectivity index (χ1) is 11.9. The maximum absolute atomic E-state index is 12.4. The molecule has 3 heterocycles. The summed E-state index contributed by atoms with van der Waals surface area (Å²) in [6.07, 6.45) is -4.73. The highest BCUT2D eigenvalue weighted by molar-refractivity contribution is 8.15. The Labute approximate surface area is 147 Å². The van der Waals surface area contributed by atoms with Crippen molar-refractivity contribution >= 4 is 34.2 Å². The van der Waals surface area contributed by atoms with Crippen LogP contribution < -0.4 is 10.2 Å². The van der Waals surface area contributed by atoms with Crippen molar-refractivity contribution < 1.29 is 17.9 Å². The second-order valence-corrected chi connectivity index (χ2v) is 6.87. The first kappa shape index (κ1) is 16.1. The van der Waals surface area contributed by atoms with Gasteiger partial charge >= 0.3 is 6.36 Å². The highest BCUT2D eigenvalue weighted by atomic mass is 32.2. The molecule has 2 aliphatic rings. The maximum atomic E-state index is 12.4. The van der Waals surface area contributed by atoms with Crippen LogP contribution >= 0.6 is 23.3 Å². The molecule has 1 N–H and O–H groups in total. The number of alkyl halides is 3. The van der Waals surface area contributed by atoms with E-state index in [0.29, 0.717) is 16.4 Å². The van der Waals surface area contributed by atoms with Crippen molar-refractivity contribution in [3.63, 3.8) is 0 Å². The number of ether oxygens (including phenoxy) is 1. The second kappa shape index (κ2) is 5.88. The van der Waals surface area contributed by atoms with E-state index in [4.69, 9.17) is 0 Å². The molecule has 1 unspecified atom stereocenters. The molecule has 1 atom stereocenters. The highest BCUT2D eigenvalue weighted by Crippen LogP contribution is 2.34. The summed E-state index contributed by atoms with van der Waals surface area (Å²) < 4.78 is 45.0. The minimum atomic E-state index is -4.73. The number of benzene rings is 1. The summed E-state index contributed by atoms with van der Waals surface area (Å²) in [6.45, 7) is 1.82. The third kappa shape index (κ3) is 3.14. The number of hydrazone groups is 2. The van der Waals surface area contributed by atoms with Gasteiger partial charge in [-0.1, -0.05) is 28.4 Å². The summed E-state index contributed by atoms with van der Waals surface area (Å²) in [4.78, 5) is 0.787. The zero-order chi connectivity index (χ0) is 17.6. The van der Waals surface area contributed by atoms with E-state index in [1.165, 1.54) is 41.5 Å². The number of nitrogens with one attached hydrogen (secondary N) is 1. The lowest BCUT2D eigenvalue weighted by Gasteiger charge is -2.12. The van der Waals surface area contributed by atoms with Gasteiger partial charge < -0.3 is 4.74 Å². The molecule has 1 aromatic heterocycles. The molecule has 0 radical (unpaired) electrons. The lowest BCUT2D eigenvalue weighted by atomic mass is 10.2. The fourth-order valence-corrected chi connectivity index (χ4v) is 3.88. The van der Waals surface area contributed by atoms with Gasteiger partial charge in [0.15, 0.2) is 11.3 Å². The molecule has 12 heteroatoms. The number of halogens is 3. The van der Waals surface area contributed by atoms with Crippen LogP contribution in [-0.4, -0.2) is 37.3 Å². The molecule has 0 fully saturated rings. The molecule has 0 bridgehead atoms. The van der Waals surface area contributed by atoms with Gasteiger partial charge in [0, 0.05) is 5.56 Å². The monoisotopic (exact) mass is 386 g/mol. The average molecular weight is 386 g/mol. The Morgan fingerprint density at radius 3 is 2.88 bits per heavy atom. The van der Waals surface area contributed by atoms with Crippen molar-refractivity contribution in [2.24, 2.45) is 10.2 Å². The van der Waals surface area contributed by atoms with E-state index in [0.717, 1.165) is 10.6 Å². The Bertz CT molecular complexity index is 881. The Hall–Kier alpha value is -2.34. The summed E-state index contributed by atoms with van der Waals surface area (Å²) in [5.41, 5.74) is 3.94. The SMILES string of the molecule is Cc1nnsc1C1=NNC2SC(c3cccc(OC(F)(F)F)c3)=NN12. The number of hydrogen-bond acceptors (Lipinski definition) is 9. The zero-order valence-corrected chi connectivity index (χ0v) is 14.1. The summed E-state index contributed by atoms with van der Waals surface area (Å²) >= 11 is 2.55. The van der Waals surface area contributed by atoms with Gasteiger partial charge in [0.1, 0.15) is 15.7 Å². The second-order valence-electron chi connectivity index (χ2n) is 5.05. The summed E-state index contributed by atoms with van der Waals surface area (Å²) in [7, 11) is 0. The normalized spacial score (nSPS) is 19.4. The molecule has 130 valence electrons. The molecular formula is C13H9F3N6OS2. The predicted molar refractivity (Wildman–Crippen MR) is 87.2 cm³/mol. The number of nitrogens with zero attached hydrogens (tertiary/aromatic N) is 5. The Morgan fingerprint density at radius 2 is 2.16 bits per heavy atom. The van der Waals surface area contributed by atoms with Gasteiger partial charge in [0.25, 0.3) is 0 Å². The Kier molecular flexibility index (Phi) is 3.80. The van der Waals surface area contributed by atoms with Crippen molar-refractivity contribution in [3.8, 4) is 5.75 Å². The van der Waals surface area contributed by atoms with Gasteiger partial charge in [-0.2, -0.15) is 10.2 Å². The number of aryl methyl sites for hydroxylation is 1.